The fourth-order valence-electron chi connectivity index (χ4n) is 2.37. The number of ether oxygens (including phenoxy) is 1. The lowest BCUT2D eigenvalue weighted by molar-refractivity contribution is 0.0687. The van der Waals surface area contributed by atoms with Crippen LogP contribution in [0.5, 0.6) is 17.2 Å². The molecule has 0 aliphatic carbocycles. The van der Waals surface area contributed by atoms with Crippen LogP contribution in [-0.4, -0.2) is 27.3 Å². The molecular weight excluding hydrogens is 312 g/mol. The molecule has 0 saturated heterocycles. The zero-order valence-electron chi connectivity index (χ0n) is 12.3. The number of carbonyl (C=O) groups is 2. The number of carboxylic acid groups (broad SMARTS) is 1. The van der Waals surface area contributed by atoms with Gasteiger partial charge in [0.1, 0.15) is 22.8 Å². The predicted octanol–water partition coefficient (Wildman–Crippen LogP) is 3.17. The van der Waals surface area contributed by atoms with E-state index in [0.717, 1.165) is 0 Å². The Morgan fingerprint density at radius 2 is 1.71 bits per heavy atom. The van der Waals surface area contributed by atoms with Crippen molar-refractivity contribution in [2.45, 2.75) is 0 Å². The van der Waals surface area contributed by atoms with E-state index in [0.29, 0.717) is 10.8 Å². The molecule has 3 aromatic rings. The number of carbonyl (C=O) groups excluding carboxylic acids is 1. The third kappa shape index (κ3) is 2.85. The van der Waals surface area contributed by atoms with Crippen LogP contribution in [0.3, 0.4) is 0 Å². The van der Waals surface area contributed by atoms with Crippen molar-refractivity contribution in [2.75, 3.05) is 0 Å². The minimum absolute atomic E-state index is 0.0210. The molecule has 0 aliphatic rings. The first-order valence-corrected chi connectivity index (χ1v) is 6.96. The molecule has 3 rings (SSSR count). The molecule has 120 valence electrons. The van der Waals surface area contributed by atoms with Crippen LogP contribution in [0, 0.1) is 0 Å². The number of carboxylic acids is 1. The third-order valence-electron chi connectivity index (χ3n) is 3.48. The van der Waals surface area contributed by atoms with Crippen LogP contribution in [0.1, 0.15) is 20.7 Å². The number of aromatic carboxylic acids is 1. The lowest BCUT2D eigenvalue weighted by atomic mass is 10.0. The maximum atomic E-state index is 12.4. The first kappa shape index (κ1) is 15.4. The Labute approximate surface area is 136 Å². The molecular formula is C18H12O6. The van der Waals surface area contributed by atoms with Gasteiger partial charge in [-0.25, -0.2) is 9.59 Å². The minimum Gasteiger partial charge on any atom is -0.508 e. The topological polar surface area (TPSA) is 104 Å². The number of rotatable bonds is 3. The number of hydrogen-bond donors (Lipinski definition) is 3. The van der Waals surface area contributed by atoms with Crippen molar-refractivity contribution in [3.8, 4) is 17.2 Å². The van der Waals surface area contributed by atoms with Crippen molar-refractivity contribution in [2.24, 2.45) is 0 Å². The molecule has 0 aliphatic heterocycles. The highest BCUT2D eigenvalue weighted by atomic mass is 16.5. The SMILES string of the molecule is O=C(O)c1cccc(OC(=O)c2c(O)ccc3cc(O)ccc23)c1. The van der Waals surface area contributed by atoms with Gasteiger partial charge in [-0.3, -0.25) is 0 Å². The molecule has 0 aromatic heterocycles. The number of benzene rings is 3. The third-order valence-corrected chi connectivity index (χ3v) is 3.48. The summed E-state index contributed by atoms with van der Waals surface area (Å²) in [5.41, 5.74) is -0.0828. The fraction of sp³-hybridized carbons (Fsp3) is 0. The van der Waals surface area contributed by atoms with Gasteiger partial charge in [0.25, 0.3) is 0 Å². The number of hydrogen-bond acceptors (Lipinski definition) is 5. The average molecular weight is 324 g/mol. The molecule has 0 amide bonds. The highest BCUT2D eigenvalue weighted by Crippen LogP contribution is 2.30. The Morgan fingerprint density at radius 1 is 0.917 bits per heavy atom. The molecule has 0 fully saturated rings. The van der Waals surface area contributed by atoms with Crippen LogP contribution < -0.4 is 4.74 Å². The van der Waals surface area contributed by atoms with Gasteiger partial charge in [0, 0.05) is 5.39 Å². The van der Waals surface area contributed by atoms with Gasteiger partial charge in [-0.2, -0.15) is 0 Å². The molecule has 0 atom stereocenters. The largest absolute Gasteiger partial charge is 0.508 e. The molecule has 0 heterocycles. The van der Waals surface area contributed by atoms with Crippen LogP contribution in [0.4, 0.5) is 0 Å². The Kier molecular flexibility index (Phi) is 3.79. The predicted molar refractivity (Wildman–Crippen MR) is 85.6 cm³/mol. The first-order valence-electron chi connectivity index (χ1n) is 6.96. The van der Waals surface area contributed by atoms with E-state index in [1.165, 1.54) is 48.5 Å². The van der Waals surface area contributed by atoms with E-state index in [4.69, 9.17) is 9.84 Å². The summed E-state index contributed by atoms with van der Waals surface area (Å²) in [6.07, 6.45) is 0. The maximum absolute atomic E-state index is 12.4. The van der Waals surface area contributed by atoms with Gasteiger partial charge in [0.15, 0.2) is 0 Å². The van der Waals surface area contributed by atoms with Crippen molar-refractivity contribution >= 4 is 22.7 Å². The van der Waals surface area contributed by atoms with E-state index >= 15 is 0 Å². The monoisotopic (exact) mass is 324 g/mol. The van der Waals surface area contributed by atoms with Crippen molar-refractivity contribution in [3.05, 3.63) is 65.7 Å². The van der Waals surface area contributed by atoms with Crippen molar-refractivity contribution in [1.29, 1.82) is 0 Å². The summed E-state index contributed by atoms with van der Waals surface area (Å²) in [7, 11) is 0. The lowest BCUT2D eigenvalue weighted by Gasteiger charge is -2.10. The van der Waals surface area contributed by atoms with Crippen LogP contribution in [0.25, 0.3) is 10.8 Å². The van der Waals surface area contributed by atoms with Crippen molar-refractivity contribution in [1.82, 2.24) is 0 Å². The molecule has 6 heteroatoms. The molecule has 24 heavy (non-hydrogen) atoms. The highest BCUT2D eigenvalue weighted by molar-refractivity contribution is 6.08. The van der Waals surface area contributed by atoms with Crippen molar-refractivity contribution < 1.29 is 29.6 Å². The van der Waals surface area contributed by atoms with Crippen LogP contribution >= 0.6 is 0 Å². The molecule has 3 aromatic carbocycles. The summed E-state index contributed by atoms with van der Waals surface area (Å²) in [4.78, 5) is 23.4. The van der Waals surface area contributed by atoms with Gasteiger partial charge in [0.2, 0.25) is 0 Å². The molecule has 3 N–H and O–H groups in total. The standard InChI is InChI=1S/C18H12O6/c19-12-5-6-14-10(8-12)4-7-15(20)16(14)18(23)24-13-3-1-2-11(9-13)17(21)22/h1-9,19-20H,(H,21,22). The summed E-state index contributed by atoms with van der Waals surface area (Å²) in [5, 5.41) is 29.5. The van der Waals surface area contributed by atoms with Gasteiger partial charge < -0.3 is 20.1 Å². The molecule has 0 saturated carbocycles. The Bertz CT molecular complexity index is 961. The molecule has 0 spiro atoms. The summed E-state index contributed by atoms with van der Waals surface area (Å²) in [6.45, 7) is 0. The second kappa shape index (κ2) is 5.92. The van der Waals surface area contributed by atoms with Gasteiger partial charge in [0.05, 0.1) is 5.56 Å². The Balaban J connectivity index is 2.01. The minimum atomic E-state index is -1.14. The van der Waals surface area contributed by atoms with E-state index in [2.05, 4.69) is 0 Å². The van der Waals surface area contributed by atoms with E-state index < -0.39 is 11.9 Å². The quantitative estimate of drug-likeness (QED) is 0.505. The van der Waals surface area contributed by atoms with E-state index in [1.807, 2.05) is 0 Å². The van der Waals surface area contributed by atoms with Gasteiger partial charge in [-0.15, -0.1) is 0 Å². The van der Waals surface area contributed by atoms with Gasteiger partial charge >= 0.3 is 11.9 Å². The fourth-order valence-corrected chi connectivity index (χ4v) is 2.37. The average Bonchev–Trinajstić information content (AvgIpc) is 2.55. The van der Waals surface area contributed by atoms with Gasteiger partial charge in [-0.1, -0.05) is 12.1 Å². The van der Waals surface area contributed by atoms with Crippen molar-refractivity contribution in [3.63, 3.8) is 0 Å². The summed E-state index contributed by atoms with van der Waals surface area (Å²) in [6, 6.07) is 12.7. The van der Waals surface area contributed by atoms with Crippen LogP contribution in [-0.2, 0) is 0 Å². The zero-order chi connectivity index (χ0) is 17.3. The highest BCUT2D eigenvalue weighted by Gasteiger charge is 2.18. The Morgan fingerprint density at radius 3 is 2.46 bits per heavy atom. The van der Waals surface area contributed by atoms with Crippen LogP contribution in [0.15, 0.2) is 54.6 Å². The first-order chi connectivity index (χ1) is 11.5. The summed E-state index contributed by atoms with van der Waals surface area (Å²) < 4.78 is 5.19. The number of phenols is 2. The van der Waals surface area contributed by atoms with Gasteiger partial charge in [-0.05, 0) is 47.9 Å². The zero-order valence-corrected chi connectivity index (χ0v) is 12.3. The Hall–Kier alpha value is -3.54. The van der Waals surface area contributed by atoms with Crippen LogP contribution in [0.2, 0.25) is 0 Å². The molecule has 0 radical (unpaired) electrons. The maximum Gasteiger partial charge on any atom is 0.347 e. The molecule has 6 nitrogen and oxygen atoms in total. The normalized spacial score (nSPS) is 10.5. The molecule has 0 unspecified atom stereocenters. The van der Waals surface area contributed by atoms with E-state index in [1.54, 1.807) is 6.07 Å². The number of fused-ring (bicyclic) bond motifs is 1. The lowest BCUT2D eigenvalue weighted by Crippen LogP contribution is -2.10. The molecule has 0 bridgehead atoms. The number of aromatic hydroxyl groups is 2. The summed E-state index contributed by atoms with van der Waals surface area (Å²) in [5.74, 6) is -2.16. The van der Waals surface area contributed by atoms with E-state index in [9.17, 15) is 19.8 Å². The second-order valence-electron chi connectivity index (χ2n) is 5.09. The second-order valence-corrected chi connectivity index (χ2v) is 5.09. The smallest absolute Gasteiger partial charge is 0.347 e. The summed E-state index contributed by atoms with van der Waals surface area (Å²) >= 11 is 0. The number of esters is 1. The van der Waals surface area contributed by atoms with E-state index in [-0.39, 0.29) is 28.4 Å². The number of phenolic OH excluding ortho intramolecular Hbond substituents is 2.